The summed E-state index contributed by atoms with van der Waals surface area (Å²) in [6.45, 7) is 1.80. The number of azide groups is 1. The fourth-order valence-electron chi connectivity index (χ4n) is 6.78. The van der Waals surface area contributed by atoms with Crippen molar-refractivity contribution >= 4 is 41.0 Å². The van der Waals surface area contributed by atoms with Gasteiger partial charge in [-0.1, -0.05) is 35.4 Å². The summed E-state index contributed by atoms with van der Waals surface area (Å²) in [5.41, 5.74) is 8.69. The van der Waals surface area contributed by atoms with Gasteiger partial charge in [0.05, 0.1) is 25.8 Å². The van der Waals surface area contributed by atoms with E-state index in [-0.39, 0.29) is 53.9 Å². The van der Waals surface area contributed by atoms with Crippen LogP contribution in [0.4, 0.5) is 13.6 Å². The number of halogens is 2. The normalized spacial score (nSPS) is 21.1. The van der Waals surface area contributed by atoms with Crippen molar-refractivity contribution in [1.29, 1.82) is 5.41 Å². The van der Waals surface area contributed by atoms with E-state index in [1.54, 1.807) is 30.5 Å². The van der Waals surface area contributed by atoms with Crippen LogP contribution in [0.25, 0.3) is 21.6 Å². The highest BCUT2D eigenvalue weighted by molar-refractivity contribution is 7.10. The lowest BCUT2D eigenvalue weighted by molar-refractivity contribution is -0.139. The van der Waals surface area contributed by atoms with Crippen LogP contribution in [0.1, 0.15) is 57.7 Å². The quantitative estimate of drug-likeness (QED) is 0.0448. The van der Waals surface area contributed by atoms with Gasteiger partial charge in [-0.15, -0.1) is 11.3 Å². The molecule has 1 unspecified atom stereocenters. The molecule has 6 rings (SSSR count). The first kappa shape index (κ1) is 34.5. The van der Waals surface area contributed by atoms with Gasteiger partial charge in [0.25, 0.3) is 11.8 Å². The van der Waals surface area contributed by atoms with Gasteiger partial charge in [-0.3, -0.25) is 25.1 Å². The Morgan fingerprint density at radius 1 is 1.14 bits per heavy atom. The summed E-state index contributed by atoms with van der Waals surface area (Å²) >= 11 is 1.23. The maximum atomic E-state index is 15.0. The van der Waals surface area contributed by atoms with Crippen LogP contribution in [0.2, 0.25) is 0 Å². The number of carbonyl (C=O) groups is 4. The molecule has 4 atom stereocenters. The van der Waals surface area contributed by atoms with Gasteiger partial charge in [0.2, 0.25) is 11.8 Å². The zero-order valence-corrected chi connectivity index (χ0v) is 27.4. The van der Waals surface area contributed by atoms with Gasteiger partial charge in [0, 0.05) is 55.4 Å². The maximum absolute atomic E-state index is 15.0. The monoisotopic (exact) mass is 706 g/mol. The number of thiophene rings is 1. The smallest absolute Gasteiger partial charge is 0.410 e. The lowest BCUT2D eigenvalue weighted by Gasteiger charge is -2.28. The molecule has 0 bridgehead atoms. The number of carboxylic acid groups (broad SMARTS) is 1. The molecule has 14 nitrogen and oxygen atoms in total. The molecular formula is C33H32F2N8O6S. The van der Waals surface area contributed by atoms with Gasteiger partial charge in [0.1, 0.15) is 11.9 Å². The highest BCUT2D eigenvalue weighted by atomic mass is 32.1. The minimum absolute atomic E-state index is 0.102. The second-order valence-electron chi connectivity index (χ2n) is 12.4. The predicted molar refractivity (Wildman–Crippen MR) is 177 cm³/mol. The van der Waals surface area contributed by atoms with Crippen LogP contribution in [-0.4, -0.2) is 78.0 Å². The average molecular weight is 707 g/mol. The Kier molecular flexibility index (Phi) is 9.31. The average Bonchev–Trinajstić information content (AvgIpc) is 3.37. The Hall–Kier alpha value is -5.38. The largest absolute Gasteiger partial charge is 0.465 e. The van der Waals surface area contributed by atoms with Gasteiger partial charge in [-0.25, -0.2) is 4.79 Å². The summed E-state index contributed by atoms with van der Waals surface area (Å²) in [5.74, 6) is -5.09. The van der Waals surface area contributed by atoms with Crippen LogP contribution in [0, 0.1) is 10.8 Å². The minimum Gasteiger partial charge on any atom is -0.465 e. The van der Waals surface area contributed by atoms with Gasteiger partial charge in [0.15, 0.2) is 0 Å². The first-order valence-electron chi connectivity index (χ1n) is 15.6. The third-order valence-electron chi connectivity index (χ3n) is 9.30. The van der Waals surface area contributed by atoms with Crippen molar-refractivity contribution in [2.24, 2.45) is 10.5 Å². The van der Waals surface area contributed by atoms with E-state index in [2.05, 4.69) is 20.7 Å². The van der Waals surface area contributed by atoms with Crippen LogP contribution in [0.15, 0.2) is 59.0 Å². The number of carbonyl (C=O) groups excluding carboxylic acids is 3. The van der Waals surface area contributed by atoms with E-state index in [0.717, 1.165) is 0 Å². The molecule has 1 saturated heterocycles. The summed E-state index contributed by atoms with van der Waals surface area (Å²) in [6.07, 6.45) is -0.513. The molecule has 50 heavy (non-hydrogen) atoms. The van der Waals surface area contributed by atoms with Gasteiger partial charge >= 0.3 is 6.09 Å². The topological polar surface area (TPSA) is 210 Å². The van der Waals surface area contributed by atoms with E-state index in [1.807, 2.05) is 5.32 Å². The van der Waals surface area contributed by atoms with E-state index < -0.39 is 53.8 Å². The third-order valence-corrected chi connectivity index (χ3v) is 10.4. The molecule has 17 heteroatoms. The molecule has 3 aliphatic rings. The van der Waals surface area contributed by atoms with Crippen LogP contribution in [-0.2, 0) is 20.2 Å². The highest BCUT2D eigenvalue weighted by Crippen LogP contribution is 2.59. The number of amidine groups is 1. The molecule has 2 aliphatic carbocycles. The number of ether oxygens (including phenoxy) is 1. The van der Waals surface area contributed by atoms with Crippen molar-refractivity contribution in [1.82, 2.24) is 20.9 Å². The number of nitrogens with one attached hydrogen (secondary N) is 4. The Bertz CT molecular complexity index is 1950. The van der Waals surface area contributed by atoms with E-state index >= 15 is 8.78 Å². The van der Waals surface area contributed by atoms with Crippen molar-refractivity contribution in [2.45, 2.75) is 43.8 Å². The molecule has 4 amide bonds. The summed E-state index contributed by atoms with van der Waals surface area (Å²) in [6, 6.07) is 9.81. The Labute approximate surface area is 287 Å². The van der Waals surface area contributed by atoms with E-state index in [9.17, 15) is 19.2 Å². The fourth-order valence-corrected chi connectivity index (χ4v) is 7.69. The number of nitrogens with zero attached hydrogens (tertiary/aromatic N) is 4. The zero-order chi connectivity index (χ0) is 35.8. The zero-order valence-electron chi connectivity index (χ0n) is 26.6. The molecule has 1 aromatic heterocycles. The van der Waals surface area contributed by atoms with E-state index in [1.165, 1.54) is 46.6 Å². The number of hydrogen-bond acceptors (Lipinski definition) is 8. The number of fused-ring (bicyclic) bond motifs is 4. The second kappa shape index (κ2) is 13.5. The summed E-state index contributed by atoms with van der Waals surface area (Å²) in [5, 5.41) is 29.3. The summed E-state index contributed by atoms with van der Waals surface area (Å²) in [4.78, 5) is 56.3. The Morgan fingerprint density at radius 2 is 1.90 bits per heavy atom. The number of alkyl halides is 2. The third kappa shape index (κ3) is 6.49. The lowest BCUT2D eigenvalue weighted by Crippen LogP contribution is -2.51. The number of hydrogen-bond donors (Lipinski definition) is 5. The minimum atomic E-state index is -3.20. The lowest BCUT2D eigenvalue weighted by atomic mass is 10.00. The summed E-state index contributed by atoms with van der Waals surface area (Å²) < 4.78 is 35.7. The van der Waals surface area contributed by atoms with Crippen LogP contribution in [0.3, 0.4) is 0 Å². The number of piperidine rings is 1. The molecular weight excluding hydrogens is 674 g/mol. The van der Waals surface area contributed by atoms with Crippen molar-refractivity contribution < 1.29 is 37.8 Å². The van der Waals surface area contributed by atoms with Gasteiger partial charge in [-0.05, 0) is 54.6 Å². The Balaban J connectivity index is 1.14. The first-order valence-corrected chi connectivity index (χ1v) is 16.5. The Morgan fingerprint density at radius 3 is 2.66 bits per heavy atom. The van der Waals surface area contributed by atoms with Crippen molar-refractivity contribution in [3.63, 3.8) is 0 Å². The van der Waals surface area contributed by atoms with E-state index in [0.29, 0.717) is 28.8 Å². The molecule has 2 fully saturated rings. The molecule has 2 aromatic carbocycles. The highest BCUT2D eigenvalue weighted by Gasteiger charge is 2.67. The molecule has 1 saturated carbocycles. The van der Waals surface area contributed by atoms with Crippen LogP contribution < -0.4 is 16.0 Å². The maximum Gasteiger partial charge on any atom is 0.410 e. The predicted octanol–water partition coefficient (Wildman–Crippen LogP) is 4.76. The first-order chi connectivity index (χ1) is 23.9. The SMILES string of the molecule is CC(NC(=O)[C@@H]1C[C@]2(COCCN=[N+]=[N-])C[C@@H]2N1C(=O)CNC(=O)c1ccc2c(c1)-c1ccccc1C2(F)F)c1cc(C(=N)NC(=O)O)cs1. The number of amides is 4. The van der Waals surface area contributed by atoms with Crippen molar-refractivity contribution in [2.75, 3.05) is 26.3 Å². The van der Waals surface area contributed by atoms with Crippen molar-refractivity contribution in [3.05, 3.63) is 91.5 Å². The molecule has 2 heterocycles. The number of benzene rings is 2. The van der Waals surface area contributed by atoms with Crippen LogP contribution >= 0.6 is 11.3 Å². The van der Waals surface area contributed by atoms with E-state index in [4.69, 9.17) is 20.8 Å². The molecule has 0 spiro atoms. The number of rotatable bonds is 12. The molecule has 0 radical (unpaired) electrons. The fraction of sp³-hybridized carbons (Fsp3) is 0.364. The standard InChI is InChI=1S/C33H32F2N8O6S/c1-17(25-11-19(15-50-25)28(36)41-31(47)48)40-30(46)24-12-32(16-49-9-8-39-42-37)13-26(32)43(24)27(44)14-38-29(45)18-6-7-23-21(10-18)20-4-2-3-5-22(20)33(23,34)35/h2-7,10-11,15,17,24,26H,8-9,12-14,16H2,1H3,(H2,36,41)(H,38,45)(H,40,46)(H,47,48)/t17?,24-,26-,32+/m0/s1. The molecule has 5 N–H and O–H groups in total. The van der Waals surface area contributed by atoms with Crippen molar-refractivity contribution in [3.8, 4) is 11.1 Å². The second-order valence-corrected chi connectivity index (χ2v) is 13.4. The number of likely N-dealkylation sites (tertiary alicyclic amines) is 1. The molecule has 260 valence electrons. The molecule has 1 aliphatic heterocycles. The van der Waals surface area contributed by atoms with Gasteiger partial charge in [-0.2, -0.15) is 8.78 Å². The summed E-state index contributed by atoms with van der Waals surface area (Å²) in [7, 11) is 0. The van der Waals surface area contributed by atoms with Crippen LogP contribution in [0.5, 0.6) is 0 Å². The molecule has 3 aromatic rings. The van der Waals surface area contributed by atoms with Gasteiger partial charge < -0.3 is 25.4 Å².